The van der Waals surface area contributed by atoms with Crippen molar-refractivity contribution in [3.8, 4) is 0 Å². The molecule has 2 aliphatic heterocycles. The van der Waals surface area contributed by atoms with Crippen LogP contribution in [0.4, 0.5) is 0 Å². The van der Waals surface area contributed by atoms with Gasteiger partial charge in [0.2, 0.25) is 0 Å². The summed E-state index contributed by atoms with van der Waals surface area (Å²) in [6.07, 6.45) is 1.49. The fourth-order valence-corrected chi connectivity index (χ4v) is 4.69. The van der Waals surface area contributed by atoms with Crippen LogP contribution in [0.3, 0.4) is 0 Å². The molecule has 5 nitrogen and oxygen atoms in total. The summed E-state index contributed by atoms with van der Waals surface area (Å²) in [5.74, 6) is 0.633. The average Bonchev–Trinajstić information content (AvgIpc) is 2.59. The van der Waals surface area contributed by atoms with Gasteiger partial charge in [0.1, 0.15) is 0 Å². The molecule has 2 heterocycles. The van der Waals surface area contributed by atoms with E-state index in [9.17, 15) is 8.42 Å². The lowest BCUT2D eigenvalue weighted by Gasteiger charge is -2.42. The van der Waals surface area contributed by atoms with Crippen molar-refractivity contribution in [2.75, 3.05) is 44.8 Å². The molecule has 2 rings (SSSR count). The number of hydrogen-bond donors (Lipinski definition) is 1. The van der Waals surface area contributed by atoms with Gasteiger partial charge in [0.05, 0.1) is 11.5 Å². The second kappa shape index (κ2) is 5.22. The summed E-state index contributed by atoms with van der Waals surface area (Å²) in [6.45, 7) is 3.01. The maximum Gasteiger partial charge on any atom is 0.151 e. The van der Waals surface area contributed by atoms with Gasteiger partial charge in [0.15, 0.2) is 9.84 Å². The van der Waals surface area contributed by atoms with Crippen LogP contribution in [-0.2, 0) is 9.84 Å². The molecule has 0 aliphatic carbocycles. The zero-order valence-corrected chi connectivity index (χ0v) is 11.2. The SMILES string of the molecule is CN1CCN(C2CCS(=O)(=O)C2)C(CCO)C1. The summed E-state index contributed by atoms with van der Waals surface area (Å²) in [5, 5.41) is 9.10. The minimum atomic E-state index is -2.81. The minimum absolute atomic E-state index is 0.172. The third-order valence-corrected chi connectivity index (χ3v) is 5.62. The molecule has 0 radical (unpaired) electrons. The zero-order valence-electron chi connectivity index (χ0n) is 10.4. The smallest absolute Gasteiger partial charge is 0.151 e. The molecule has 2 fully saturated rings. The molecule has 0 bridgehead atoms. The van der Waals surface area contributed by atoms with Crippen molar-refractivity contribution in [3.63, 3.8) is 0 Å². The molecule has 2 atom stereocenters. The maximum absolute atomic E-state index is 11.5. The summed E-state index contributed by atoms with van der Waals surface area (Å²) in [7, 11) is -0.738. The summed E-state index contributed by atoms with van der Waals surface area (Å²) in [4.78, 5) is 4.56. The first-order chi connectivity index (χ1) is 8.02. The molecule has 2 aliphatic rings. The Kier molecular flexibility index (Phi) is 4.07. The Morgan fingerprint density at radius 3 is 2.71 bits per heavy atom. The van der Waals surface area contributed by atoms with Crippen LogP contribution < -0.4 is 0 Å². The van der Waals surface area contributed by atoms with Crippen molar-refractivity contribution < 1.29 is 13.5 Å². The molecule has 17 heavy (non-hydrogen) atoms. The van der Waals surface area contributed by atoms with E-state index >= 15 is 0 Å². The van der Waals surface area contributed by atoms with Crippen molar-refractivity contribution in [3.05, 3.63) is 0 Å². The molecule has 0 aromatic rings. The molecular weight excluding hydrogens is 240 g/mol. The van der Waals surface area contributed by atoms with Crippen LogP contribution >= 0.6 is 0 Å². The molecule has 0 spiro atoms. The van der Waals surface area contributed by atoms with Crippen molar-refractivity contribution in [2.24, 2.45) is 0 Å². The lowest BCUT2D eigenvalue weighted by molar-refractivity contribution is 0.0463. The lowest BCUT2D eigenvalue weighted by atomic mass is 10.1. The number of hydrogen-bond acceptors (Lipinski definition) is 5. The molecule has 6 heteroatoms. The number of aliphatic hydroxyl groups is 1. The van der Waals surface area contributed by atoms with Gasteiger partial charge < -0.3 is 10.0 Å². The van der Waals surface area contributed by atoms with E-state index in [4.69, 9.17) is 5.11 Å². The van der Waals surface area contributed by atoms with Crippen LogP contribution in [0.15, 0.2) is 0 Å². The topological polar surface area (TPSA) is 60.9 Å². The van der Waals surface area contributed by atoms with Crippen LogP contribution in [0.1, 0.15) is 12.8 Å². The Hall–Kier alpha value is -0.170. The quantitative estimate of drug-likeness (QED) is 0.719. The Bertz CT molecular complexity index is 358. The molecule has 0 aromatic carbocycles. The van der Waals surface area contributed by atoms with Crippen LogP contribution in [0, 0.1) is 0 Å². The predicted molar refractivity (Wildman–Crippen MR) is 66.8 cm³/mol. The van der Waals surface area contributed by atoms with Crippen molar-refractivity contribution >= 4 is 9.84 Å². The normalized spacial score (nSPS) is 35.2. The highest BCUT2D eigenvalue weighted by atomic mass is 32.2. The van der Waals surface area contributed by atoms with E-state index in [1.54, 1.807) is 0 Å². The fraction of sp³-hybridized carbons (Fsp3) is 1.00. The first-order valence-corrected chi connectivity index (χ1v) is 8.09. The van der Waals surface area contributed by atoms with Gasteiger partial charge >= 0.3 is 0 Å². The van der Waals surface area contributed by atoms with Crippen LogP contribution in [0.2, 0.25) is 0 Å². The maximum atomic E-state index is 11.5. The second-order valence-corrected chi connectivity index (χ2v) is 7.45. The van der Waals surface area contributed by atoms with Gasteiger partial charge in [0.25, 0.3) is 0 Å². The van der Waals surface area contributed by atoms with E-state index in [1.165, 1.54) is 0 Å². The monoisotopic (exact) mass is 262 g/mol. The highest BCUT2D eigenvalue weighted by molar-refractivity contribution is 7.91. The van der Waals surface area contributed by atoms with Crippen LogP contribution in [0.25, 0.3) is 0 Å². The van der Waals surface area contributed by atoms with Gasteiger partial charge in [-0.3, -0.25) is 4.90 Å². The third kappa shape index (κ3) is 3.19. The first kappa shape index (κ1) is 13.3. The highest BCUT2D eigenvalue weighted by Gasteiger charge is 2.37. The lowest BCUT2D eigenvalue weighted by Crippen LogP contribution is -2.56. The number of aliphatic hydroxyl groups excluding tert-OH is 1. The van der Waals surface area contributed by atoms with Crippen LogP contribution in [-0.4, -0.2) is 80.2 Å². The number of nitrogens with zero attached hydrogens (tertiary/aromatic N) is 2. The number of likely N-dealkylation sites (N-methyl/N-ethyl adjacent to an activating group) is 1. The van der Waals surface area contributed by atoms with E-state index in [1.807, 2.05) is 0 Å². The highest BCUT2D eigenvalue weighted by Crippen LogP contribution is 2.23. The molecule has 1 N–H and O–H groups in total. The molecule has 2 unspecified atom stereocenters. The van der Waals surface area contributed by atoms with E-state index in [-0.39, 0.29) is 12.6 Å². The van der Waals surface area contributed by atoms with E-state index in [0.29, 0.717) is 17.5 Å². The first-order valence-electron chi connectivity index (χ1n) is 6.27. The summed E-state index contributed by atoms with van der Waals surface area (Å²) >= 11 is 0. The van der Waals surface area contributed by atoms with Crippen molar-refractivity contribution in [2.45, 2.75) is 24.9 Å². The van der Waals surface area contributed by atoms with E-state index in [0.717, 1.165) is 32.5 Å². The molecule has 100 valence electrons. The zero-order chi connectivity index (χ0) is 12.5. The van der Waals surface area contributed by atoms with E-state index in [2.05, 4.69) is 16.8 Å². The van der Waals surface area contributed by atoms with Crippen molar-refractivity contribution in [1.82, 2.24) is 9.80 Å². The third-order valence-electron chi connectivity index (χ3n) is 3.87. The summed E-state index contributed by atoms with van der Waals surface area (Å²) < 4.78 is 23.1. The summed E-state index contributed by atoms with van der Waals surface area (Å²) in [6, 6.07) is 0.474. The standard InChI is InChI=1S/C11H22N2O3S/c1-12-4-5-13(10(8-12)2-6-14)11-3-7-17(15,16)9-11/h10-11,14H,2-9H2,1H3. The largest absolute Gasteiger partial charge is 0.396 e. The number of piperazine rings is 1. The molecule has 0 amide bonds. The van der Waals surface area contributed by atoms with Gasteiger partial charge in [-0.2, -0.15) is 0 Å². The Morgan fingerprint density at radius 2 is 2.12 bits per heavy atom. The number of sulfone groups is 1. The molecular formula is C11H22N2O3S. The van der Waals surface area contributed by atoms with Gasteiger partial charge in [-0.1, -0.05) is 0 Å². The Labute approximate surface area is 103 Å². The molecule has 2 saturated heterocycles. The fourth-order valence-electron chi connectivity index (χ4n) is 2.95. The van der Waals surface area contributed by atoms with Gasteiger partial charge in [-0.15, -0.1) is 0 Å². The summed E-state index contributed by atoms with van der Waals surface area (Å²) in [5.41, 5.74) is 0. The Morgan fingerprint density at radius 1 is 1.35 bits per heavy atom. The number of rotatable bonds is 3. The second-order valence-electron chi connectivity index (χ2n) is 5.22. The van der Waals surface area contributed by atoms with Gasteiger partial charge in [0, 0.05) is 38.3 Å². The minimum Gasteiger partial charge on any atom is -0.396 e. The Balaban J connectivity index is 2.03. The average molecular weight is 262 g/mol. The van der Waals surface area contributed by atoms with Gasteiger partial charge in [-0.25, -0.2) is 8.42 Å². The van der Waals surface area contributed by atoms with Crippen molar-refractivity contribution in [1.29, 1.82) is 0 Å². The van der Waals surface area contributed by atoms with E-state index < -0.39 is 9.84 Å². The predicted octanol–water partition coefficient (Wildman–Crippen LogP) is -0.828. The van der Waals surface area contributed by atoms with Crippen LogP contribution in [0.5, 0.6) is 0 Å². The molecule has 0 saturated carbocycles. The molecule has 0 aromatic heterocycles. The van der Waals surface area contributed by atoms with Gasteiger partial charge in [-0.05, 0) is 19.9 Å².